The summed E-state index contributed by atoms with van der Waals surface area (Å²) in [7, 11) is 2.17. The van der Waals surface area contributed by atoms with Gasteiger partial charge in [0.1, 0.15) is 0 Å². The Morgan fingerprint density at radius 2 is 1.84 bits per heavy atom. The maximum Gasteiger partial charge on any atom is 0.0165 e. The Morgan fingerprint density at radius 3 is 2.68 bits per heavy atom. The minimum Gasteiger partial charge on any atom is -0.302 e. The lowest BCUT2D eigenvalue weighted by Crippen LogP contribution is -2.23. The zero-order valence-electron chi connectivity index (χ0n) is 11.3. The predicted molar refractivity (Wildman–Crippen MR) is 83.2 cm³/mol. The van der Waals surface area contributed by atoms with E-state index >= 15 is 0 Å². The molecule has 0 saturated carbocycles. The molecule has 19 heavy (non-hydrogen) atoms. The van der Waals surface area contributed by atoms with Crippen molar-refractivity contribution in [2.75, 3.05) is 20.1 Å². The van der Waals surface area contributed by atoms with Gasteiger partial charge in [-0.2, -0.15) is 0 Å². The second kappa shape index (κ2) is 5.41. The first-order valence-electron chi connectivity index (χ1n) is 6.86. The SMILES string of the molecule is CN1CC=C(/C=C/c2cccc3ccccc23)CC1. The molecule has 0 aliphatic carbocycles. The van der Waals surface area contributed by atoms with E-state index in [0.29, 0.717) is 0 Å². The summed E-state index contributed by atoms with van der Waals surface area (Å²) in [5.74, 6) is 0. The summed E-state index contributed by atoms with van der Waals surface area (Å²) in [6, 6.07) is 15.0. The summed E-state index contributed by atoms with van der Waals surface area (Å²) in [6.07, 6.45) is 8.00. The normalized spacial score (nSPS) is 17.0. The number of nitrogens with zero attached hydrogens (tertiary/aromatic N) is 1. The fraction of sp³-hybridized carbons (Fsp3) is 0.222. The Balaban J connectivity index is 1.89. The molecular weight excluding hydrogens is 230 g/mol. The number of allylic oxidation sites excluding steroid dienone is 1. The lowest BCUT2D eigenvalue weighted by molar-refractivity contribution is 0.361. The fourth-order valence-electron chi connectivity index (χ4n) is 2.53. The number of benzene rings is 2. The minimum absolute atomic E-state index is 1.06. The number of hydrogen-bond donors (Lipinski definition) is 0. The average molecular weight is 249 g/mol. The molecule has 0 saturated heterocycles. The van der Waals surface area contributed by atoms with Gasteiger partial charge >= 0.3 is 0 Å². The zero-order chi connectivity index (χ0) is 13.1. The van der Waals surface area contributed by atoms with Gasteiger partial charge in [-0.15, -0.1) is 0 Å². The van der Waals surface area contributed by atoms with Crippen LogP contribution in [0.2, 0.25) is 0 Å². The molecule has 2 aromatic carbocycles. The molecular formula is C18H19N. The van der Waals surface area contributed by atoms with Crippen LogP contribution in [0.1, 0.15) is 12.0 Å². The van der Waals surface area contributed by atoms with Crippen molar-refractivity contribution in [2.45, 2.75) is 6.42 Å². The smallest absolute Gasteiger partial charge is 0.0165 e. The maximum atomic E-state index is 2.34. The zero-order valence-corrected chi connectivity index (χ0v) is 11.3. The highest BCUT2D eigenvalue weighted by atomic mass is 15.1. The predicted octanol–water partition coefficient (Wildman–Crippen LogP) is 4.11. The number of likely N-dealkylation sites (N-methyl/N-ethyl adjacent to an activating group) is 1. The van der Waals surface area contributed by atoms with E-state index in [4.69, 9.17) is 0 Å². The second-order valence-electron chi connectivity index (χ2n) is 5.19. The standard InChI is InChI=1S/C18H19N/c1-19-13-11-15(12-14-19)9-10-17-7-4-6-16-5-2-3-8-18(16)17/h2-11H,12-14H2,1H3/b10-9+. The van der Waals surface area contributed by atoms with E-state index in [1.807, 2.05) is 0 Å². The summed E-state index contributed by atoms with van der Waals surface area (Å²) in [6.45, 7) is 2.22. The van der Waals surface area contributed by atoms with Crippen LogP contribution in [0.5, 0.6) is 0 Å². The molecule has 0 aromatic heterocycles. The number of fused-ring (bicyclic) bond motifs is 1. The van der Waals surface area contributed by atoms with Crippen molar-refractivity contribution >= 4 is 16.8 Å². The average Bonchev–Trinajstić information content (AvgIpc) is 2.47. The quantitative estimate of drug-likeness (QED) is 0.774. The van der Waals surface area contributed by atoms with Crippen LogP contribution in [-0.4, -0.2) is 25.0 Å². The summed E-state index contributed by atoms with van der Waals surface area (Å²) >= 11 is 0. The van der Waals surface area contributed by atoms with Crippen molar-refractivity contribution in [3.63, 3.8) is 0 Å². The Morgan fingerprint density at radius 1 is 1.00 bits per heavy atom. The highest BCUT2D eigenvalue weighted by Gasteiger charge is 2.04. The molecule has 1 aliphatic heterocycles. The van der Waals surface area contributed by atoms with Crippen LogP contribution in [0, 0.1) is 0 Å². The second-order valence-corrected chi connectivity index (χ2v) is 5.19. The van der Waals surface area contributed by atoms with Crippen molar-refractivity contribution in [3.8, 4) is 0 Å². The molecule has 0 spiro atoms. The first kappa shape index (κ1) is 12.2. The van der Waals surface area contributed by atoms with Crippen molar-refractivity contribution in [1.29, 1.82) is 0 Å². The van der Waals surface area contributed by atoms with Gasteiger partial charge in [0.2, 0.25) is 0 Å². The summed E-state index contributed by atoms with van der Waals surface area (Å²) in [5.41, 5.74) is 2.75. The van der Waals surface area contributed by atoms with Gasteiger partial charge in [0.25, 0.3) is 0 Å². The molecule has 0 atom stereocenters. The molecule has 0 unspecified atom stereocenters. The Hall–Kier alpha value is -1.86. The molecule has 1 aliphatic rings. The van der Waals surface area contributed by atoms with Crippen molar-refractivity contribution in [1.82, 2.24) is 4.90 Å². The highest BCUT2D eigenvalue weighted by Crippen LogP contribution is 2.21. The van der Waals surface area contributed by atoms with Crippen LogP contribution >= 0.6 is 0 Å². The molecule has 0 bridgehead atoms. The summed E-state index contributed by atoms with van der Waals surface area (Å²) < 4.78 is 0. The van der Waals surface area contributed by atoms with Crippen LogP contribution < -0.4 is 0 Å². The van der Waals surface area contributed by atoms with Gasteiger partial charge in [-0.25, -0.2) is 0 Å². The van der Waals surface area contributed by atoms with Crippen molar-refractivity contribution < 1.29 is 0 Å². The van der Waals surface area contributed by atoms with E-state index < -0.39 is 0 Å². The Labute approximate surface area is 114 Å². The number of rotatable bonds is 2. The van der Waals surface area contributed by atoms with Crippen molar-refractivity contribution in [3.05, 3.63) is 65.8 Å². The third-order valence-electron chi connectivity index (χ3n) is 3.75. The first-order chi connectivity index (χ1) is 9.33. The third-order valence-corrected chi connectivity index (χ3v) is 3.75. The lowest BCUT2D eigenvalue weighted by atomic mass is 10.0. The van der Waals surface area contributed by atoms with Gasteiger partial charge in [-0.3, -0.25) is 0 Å². The number of hydrogen-bond acceptors (Lipinski definition) is 1. The van der Waals surface area contributed by atoms with Gasteiger partial charge in [-0.1, -0.05) is 60.7 Å². The van der Waals surface area contributed by atoms with Gasteiger partial charge in [0.05, 0.1) is 0 Å². The molecule has 3 rings (SSSR count). The Bertz CT molecular complexity index is 632. The third kappa shape index (κ3) is 2.77. The largest absolute Gasteiger partial charge is 0.302 e. The molecule has 0 fully saturated rings. The lowest BCUT2D eigenvalue weighted by Gasteiger charge is -2.20. The minimum atomic E-state index is 1.06. The van der Waals surface area contributed by atoms with Crippen LogP contribution in [-0.2, 0) is 0 Å². The topological polar surface area (TPSA) is 3.24 Å². The van der Waals surface area contributed by atoms with Gasteiger partial charge in [0.15, 0.2) is 0 Å². The van der Waals surface area contributed by atoms with Gasteiger partial charge in [-0.05, 0) is 35.4 Å². The first-order valence-corrected chi connectivity index (χ1v) is 6.86. The summed E-state index contributed by atoms with van der Waals surface area (Å²) in [5, 5.41) is 2.64. The Kier molecular flexibility index (Phi) is 3.47. The van der Waals surface area contributed by atoms with Crippen LogP contribution in [0.4, 0.5) is 0 Å². The van der Waals surface area contributed by atoms with E-state index in [0.717, 1.165) is 19.5 Å². The molecule has 0 N–H and O–H groups in total. The van der Waals surface area contributed by atoms with Crippen LogP contribution in [0.15, 0.2) is 60.2 Å². The van der Waals surface area contributed by atoms with E-state index in [1.54, 1.807) is 0 Å². The molecule has 2 aromatic rings. The van der Waals surface area contributed by atoms with Gasteiger partial charge < -0.3 is 4.90 Å². The molecule has 1 nitrogen and oxygen atoms in total. The maximum absolute atomic E-state index is 2.34. The molecule has 1 heterocycles. The van der Waals surface area contributed by atoms with E-state index in [1.165, 1.54) is 21.9 Å². The fourth-order valence-corrected chi connectivity index (χ4v) is 2.53. The van der Waals surface area contributed by atoms with E-state index in [9.17, 15) is 0 Å². The monoisotopic (exact) mass is 249 g/mol. The van der Waals surface area contributed by atoms with E-state index in [2.05, 4.69) is 72.6 Å². The van der Waals surface area contributed by atoms with Gasteiger partial charge in [0, 0.05) is 13.1 Å². The van der Waals surface area contributed by atoms with Crippen LogP contribution in [0.3, 0.4) is 0 Å². The van der Waals surface area contributed by atoms with E-state index in [-0.39, 0.29) is 0 Å². The van der Waals surface area contributed by atoms with Crippen molar-refractivity contribution in [2.24, 2.45) is 0 Å². The highest BCUT2D eigenvalue weighted by molar-refractivity contribution is 5.90. The van der Waals surface area contributed by atoms with Crippen LogP contribution in [0.25, 0.3) is 16.8 Å². The molecule has 96 valence electrons. The molecule has 0 radical (unpaired) electrons. The summed E-state index contributed by atoms with van der Waals surface area (Å²) in [4.78, 5) is 2.34. The molecule has 1 heteroatoms. The molecule has 0 amide bonds.